The molecular weight excluding hydrogens is 170 g/mol. The SMILES string of the molecule is C=C/C(=C\CF)C(C)/C(C)=C(\C)F. The van der Waals surface area contributed by atoms with Crippen molar-refractivity contribution >= 4 is 0 Å². The Kier molecular flexibility index (Phi) is 5.28. The fraction of sp³-hybridized carbons (Fsp3) is 0.455. The number of hydrogen-bond acceptors (Lipinski definition) is 0. The van der Waals surface area contributed by atoms with Gasteiger partial charge >= 0.3 is 0 Å². The van der Waals surface area contributed by atoms with Gasteiger partial charge in [-0.2, -0.15) is 0 Å². The third-order valence-corrected chi connectivity index (χ3v) is 2.24. The minimum Gasteiger partial charge on any atom is -0.247 e. The Labute approximate surface area is 78.7 Å². The minimum atomic E-state index is -0.537. The summed E-state index contributed by atoms with van der Waals surface area (Å²) in [5, 5.41) is 0. The summed E-state index contributed by atoms with van der Waals surface area (Å²) in [6.07, 6.45) is 2.99. The summed E-state index contributed by atoms with van der Waals surface area (Å²) in [6, 6.07) is 0. The molecule has 1 atom stereocenters. The molecule has 2 heteroatoms. The van der Waals surface area contributed by atoms with Crippen LogP contribution >= 0.6 is 0 Å². The molecular formula is C11H16F2. The molecule has 0 saturated heterocycles. The molecule has 0 saturated carbocycles. The molecule has 1 unspecified atom stereocenters. The molecule has 0 aliphatic heterocycles. The van der Waals surface area contributed by atoms with E-state index in [2.05, 4.69) is 6.58 Å². The predicted molar refractivity (Wildman–Crippen MR) is 52.9 cm³/mol. The number of halogens is 2. The summed E-state index contributed by atoms with van der Waals surface area (Å²) >= 11 is 0. The Morgan fingerprint density at radius 1 is 1.46 bits per heavy atom. The summed E-state index contributed by atoms with van der Waals surface area (Å²) in [6.45, 7) is 7.97. The van der Waals surface area contributed by atoms with Crippen LogP contribution in [0.2, 0.25) is 0 Å². The molecule has 0 amide bonds. The second-order valence-corrected chi connectivity index (χ2v) is 3.00. The van der Waals surface area contributed by atoms with Crippen molar-refractivity contribution in [2.24, 2.45) is 5.92 Å². The first-order valence-electron chi connectivity index (χ1n) is 4.25. The van der Waals surface area contributed by atoms with Crippen molar-refractivity contribution in [3.63, 3.8) is 0 Å². The van der Waals surface area contributed by atoms with Gasteiger partial charge in [0.1, 0.15) is 6.67 Å². The molecule has 0 aliphatic carbocycles. The smallest absolute Gasteiger partial charge is 0.108 e. The van der Waals surface area contributed by atoms with Gasteiger partial charge in [-0.25, -0.2) is 8.78 Å². The van der Waals surface area contributed by atoms with Crippen LogP contribution in [-0.4, -0.2) is 6.67 Å². The largest absolute Gasteiger partial charge is 0.247 e. The first-order chi connectivity index (χ1) is 6.04. The molecule has 0 fully saturated rings. The molecule has 13 heavy (non-hydrogen) atoms. The topological polar surface area (TPSA) is 0 Å². The molecule has 0 radical (unpaired) electrons. The Morgan fingerprint density at radius 2 is 2.00 bits per heavy atom. The lowest BCUT2D eigenvalue weighted by molar-refractivity contribution is 0.555. The Hall–Kier alpha value is -0.920. The average molecular weight is 186 g/mol. The lowest BCUT2D eigenvalue weighted by Crippen LogP contribution is -2.00. The van der Waals surface area contributed by atoms with Crippen LogP contribution < -0.4 is 0 Å². The molecule has 0 aliphatic rings. The zero-order valence-electron chi connectivity index (χ0n) is 8.40. The van der Waals surface area contributed by atoms with Crippen molar-refractivity contribution in [2.45, 2.75) is 20.8 Å². The van der Waals surface area contributed by atoms with E-state index in [1.54, 1.807) is 13.0 Å². The second kappa shape index (κ2) is 5.68. The first-order valence-corrected chi connectivity index (χ1v) is 4.25. The van der Waals surface area contributed by atoms with E-state index in [1.807, 2.05) is 6.92 Å². The van der Waals surface area contributed by atoms with Gasteiger partial charge in [0, 0.05) is 5.92 Å². The van der Waals surface area contributed by atoms with Gasteiger partial charge < -0.3 is 0 Å². The van der Waals surface area contributed by atoms with Gasteiger partial charge in [0.2, 0.25) is 0 Å². The fourth-order valence-corrected chi connectivity index (χ4v) is 1.07. The van der Waals surface area contributed by atoms with E-state index in [1.165, 1.54) is 13.0 Å². The summed E-state index contributed by atoms with van der Waals surface area (Å²) in [7, 11) is 0. The van der Waals surface area contributed by atoms with Crippen molar-refractivity contribution in [2.75, 3.05) is 6.67 Å². The zero-order chi connectivity index (χ0) is 10.4. The number of allylic oxidation sites excluding steroid dienone is 5. The molecule has 0 nitrogen and oxygen atoms in total. The summed E-state index contributed by atoms with van der Waals surface area (Å²) in [4.78, 5) is 0. The average Bonchev–Trinajstić information content (AvgIpc) is 2.11. The Bertz CT molecular complexity index is 232. The van der Waals surface area contributed by atoms with Crippen molar-refractivity contribution in [3.05, 3.63) is 35.7 Å². The third-order valence-electron chi connectivity index (χ3n) is 2.24. The van der Waals surface area contributed by atoms with Gasteiger partial charge in [0.25, 0.3) is 0 Å². The maximum Gasteiger partial charge on any atom is 0.108 e. The summed E-state index contributed by atoms with van der Waals surface area (Å²) in [5.41, 5.74) is 1.36. The number of rotatable bonds is 4. The molecule has 0 heterocycles. The molecule has 0 N–H and O–H groups in total. The molecule has 0 aromatic carbocycles. The van der Waals surface area contributed by atoms with Gasteiger partial charge in [-0.3, -0.25) is 0 Å². The monoisotopic (exact) mass is 186 g/mol. The van der Waals surface area contributed by atoms with E-state index >= 15 is 0 Å². The van der Waals surface area contributed by atoms with Gasteiger partial charge in [-0.05, 0) is 31.1 Å². The van der Waals surface area contributed by atoms with Gasteiger partial charge in [0.05, 0.1) is 5.83 Å². The number of hydrogen-bond donors (Lipinski definition) is 0. The van der Waals surface area contributed by atoms with Crippen molar-refractivity contribution in [3.8, 4) is 0 Å². The van der Waals surface area contributed by atoms with E-state index in [0.29, 0.717) is 5.57 Å². The van der Waals surface area contributed by atoms with E-state index in [4.69, 9.17) is 0 Å². The minimum absolute atomic E-state index is 0.0988. The summed E-state index contributed by atoms with van der Waals surface area (Å²) in [5.74, 6) is -0.308. The highest BCUT2D eigenvalue weighted by Crippen LogP contribution is 2.23. The van der Waals surface area contributed by atoms with Crippen LogP contribution in [0.4, 0.5) is 8.78 Å². The maximum atomic E-state index is 12.8. The third kappa shape index (κ3) is 3.53. The van der Waals surface area contributed by atoms with E-state index < -0.39 is 6.67 Å². The standard InChI is InChI=1S/C11H16F2/c1-5-11(6-7-12)9(3)8(2)10(4)13/h5-6,9H,1,7H2,2-4H3/b10-8+,11-6+. The molecule has 0 rings (SSSR count). The van der Waals surface area contributed by atoms with Gasteiger partial charge in [-0.15, -0.1) is 0 Å². The van der Waals surface area contributed by atoms with E-state index in [9.17, 15) is 8.78 Å². The van der Waals surface area contributed by atoms with Crippen LogP contribution in [0.1, 0.15) is 20.8 Å². The van der Waals surface area contributed by atoms with Crippen molar-refractivity contribution in [1.82, 2.24) is 0 Å². The Morgan fingerprint density at radius 3 is 2.31 bits per heavy atom. The zero-order valence-corrected chi connectivity index (χ0v) is 8.40. The van der Waals surface area contributed by atoms with Crippen molar-refractivity contribution in [1.29, 1.82) is 0 Å². The van der Waals surface area contributed by atoms with Crippen LogP contribution in [0.25, 0.3) is 0 Å². The van der Waals surface area contributed by atoms with Crippen LogP contribution in [0.15, 0.2) is 35.7 Å². The van der Waals surface area contributed by atoms with Gasteiger partial charge in [0.15, 0.2) is 0 Å². The highest BCUT2D eigenvalue weighted by Gasteiger charge is 2.10. The lowest BCUT2D eigenvalue weighted by atomic mass is 9.93. The van der Waals surface area contributed by atoms with Gasteiger partial charge in [-0.1, -0.05) is 19.6 Å². The van der Waals surface area contributed by atoms with Crippen molar-refractivity contribution < 1.29 is 8.78 Å². The van der Waals surface area contributed by atoms with E-state index in [0.717, 1.165) is 5.57 Å². The first kappa shape index (κ1) is 12.1. The predicted octanol–water partition coefficient (Wildman–Crippen LogP) is 3.97. The second-order valence-electron chi connectivity index (χ2n) is 3.00. The van der Waals surface area contributed by atoms with Crippen LogP contribution in [0.5, 0.6) is 0 Å². The molecule has 74 valence electrons. The Balaban J connectivity index is 4.76. The summed E-state index contributed by atoms with van der Waals surface area (Å²) < 4.78 is 24.8. The molecule has 0 bridgehead atoms. The van der Waals surface area contributed by atoms with Crippen LogP contribution in [0.3, 0.4) is 0 Å². The van der Waals surface area contributed by atoms with Crippen LogP contribution in [0, 0.1) is 5.92 Å². The highest BCUT2D eigenvalue weighted by atomic mass is 19.1. The van der Waals surface area contributed by atoms with E-state index in [-0.39, 0.29) is 11.7 Å². The highest BCUT2D eigenvalue weighted by molar-refractivity contribution is 5.28. The number of alkyl halides is 1. The lowest BCUT2D eigenvalue weighted by Gasteiger charge is -2.13. The molecule has 0 aromatic heterocycles. The fourth-order valence-electron chi connectivity index (χ4n) is 1.07. The maximum absolute atomic E-state index is 12.8. The quantitative estimate of drug-likeness (QED) is 0.583. The molecule has 0 aromatic rings. The van der Waals surface area contributed by atoms with Crippen LogP contribution in [-0.2, 0) is 0 Å². The molecule has 0 spiro atoms. The normalized spacial score (nSPS) is 16.5.